The molecule has 5 heteroatoms. The number of hydrogen-bond donors (Lipinski definition) is 0. The Morgan fingerprint density at radius 1 is 1.25 bits per heavy atom. The van der Waals surface area contributed by atoms with Gasteiger partial charge in [0.1, 0.15) is 0 Å². The van der Waals surface area contributed by atoms with Crippen LogP contribution in [-0.2, 0) is 6.18 Å². The first-order chi connectivity index (χ1) is 5.41. The first-order valence-corrected chi connectivity index (χ1v) is 4.39. The molecule has 0 unspecified atom stereocenters. The third-order valence-corrected chi connectivity index (χ3v) is 2.23. The zero-order valence-corrected chi connectivity index (χ0v) is 8.54. The molecule has 0 spiro atoms. The highest BCUT2D eigenvalue weighted by Gasteiger charge is 2.32. The summed E-state index contributed by atoms with van der Waals surface area (Å²) in [5.41, 5.74) is -0.781. The molecule has 0 saturated heterocycles. The molecule has 1 aromatic carbocycles. The fraction of sp³-hybridized carbons (Fsp3) is 0.143. The van der Waals surface area contributed by atoms with E-state index in [4.69, 9.17) is 11.6 Å². The Hall–Kier alpha value is 0.0300. The Morgan fingerprint density at radius 3 is 2.25 bits per heavy atom. The molecule has 0 nitrogen and oxygen atoms in total. The molecule has 0 atom stereocenters. The van der Waals surface area contributed by atoms with Crippen LogP contribution < -0.4 is 22.6 Å². The predicted molar refractivity (Wildman–Crippen MR) is 35.2 cm³/mol. The average Bonchev–Trinajstić information content (AvgIpc) is 1.92. The summed E-state index contributed by atoms with van der Waals surface area (Å²) in [5.74, 6) is 0. The molecule has 0 N–H and O–H groups in total. The Labute approximate surface area is 85.9 Å². The molecule has 0 fully saturated rings. The van der Waals surface area contributed by atoms with E-state index in [1.165, 1.54) is 12.1 Å². The van der Waals surface area contributed by atoms with Crippen molar-refractivity contribution >= 4 is 11.6 Å². The second-order valence-corrected chi connectivity index (χ2v) is 3.77. The average molecular weight is 306 g/mol. The van der Waals surface area contributed by atoms with Gasteiger partial charge in [0.05, 0.1) is 10.6 Å². The molecule has 0 aliphatic carbocycles. The SMILES string of the molecule is FC(F)(F)c1cc([I-])ccc1Cl. The summed E-state index contributed by atoms with van der Waals surface area (Å²) in [4.78, 5) is 0. The first kappa shape index (κ1) is 10.1. The highest BCUT2D eigenvalue weighted by Crippen LogP contribution is 2.33. The predicted octanol–water partition coefficient (Wildman–Crippen LogP) is 0.0817. The van der Waals surface area contributed by atoms with Gasteiger partial charge in [-0.25, -0.2) is 0 Å². The summed E-state index contributed by atoms with van der Waals surface area (Å²) in [7, 11) is 0. The summed E-state index contributed by atoms with van der Waals surface area (Å²) in [5, 5.41) is -0.261. The molecule has 1 aromatic rings. The summed E-state index contributed by atoms with van der Waals surface area (Å²) < 4.78 is 36.9. The highest BCUT2D eigenvalue weighted by molar-refractivity contribution is 6.31. The smallest absolute Gasteiger partial charge is 0.417 e. The molecule has 0 bridgehead atoms. The van der Waals surface area contributed by atoms with Gasteiger partial charge in [0.2, 0.25) is 0 Å². The van der Waals surface area contributed by atoms with Gasteiger partial charge < -0.3 is 22.6 Å². The standard InChI is InChI=1S/C7H3ClF3I/c8-6-2-1-4(12)3-5(6)7(9,10)11/h1-3H/q-1. The lowest BCUT2D eigenvalue weighted by atomic mass is 10.2. The van der Waals surface area contributed by atoms with E-state index < -0.39 is 11.7 Å². The molecule has 1 radical (unpaired) electrons. The monoisotopic (exact) mass is 306 g/mol. The van der Waals surface area contributed by atoms with Gasteiger partial charge in [0.25, 0.3) is 0 Å². The van der Waals surface area contributed by atoms with Crippen LogP contribution in [0.3, 0.4) is 0 Å². The number of rotatable bonds is 0. The molecule has 67 valence electrons. The molecule has 0 amide bonds. The van der Waals surface area contributed by atoms with Crippen LogP contribution >= 0.6 is 11.6 Å². The minimum absolute atomic E-state index is 0.261. The lowest BCUT2D eigenvalue weighted by Crippen LogP contribution is -3.34. The molecule has 0 aliphatic rings. The maximum absolute atomic E-state index is 12.1. The molecular formula is C7H3ClF3I-. The van der Waals surface area contributed by atoms with Crippen molar-refractivity contribution in [1.82, 2.24) is 0 Å². The van der Waals surface area contributed by atoms with Gasteiger partial charge in [-0.1, -0.05) is 23.7 Å². The number of hydrogen-bond acceptors (Lipinski definition) is 0. The van der Waals surface area contributed by atoms with Crippen LogP contribution in [0.5, 0.6) is 0 Å². The van der Waals surface area contributed by atoms with E-state index in [1.807, 2.05) is 0 Å². The van der Waals surface area contributed by atoms with Gasteiger partial charge >= 0.3 is 6.18 Å². The van der Waals surface area contributed by atoms with Crippen molar-refractivity contribution in [2.75, 3.05) is 0 Å². The lowest BCUT2D eigenvalue weighted by molar-refractivity contribution is -0.328. The van der Waals surface area contributed by atoms with Crippen LogP contribution in [-0.4, -0.2) is 0 Å². The largest absolute Gasteiger partial charge is 0.759 e. The van der Waals surface area contributed by atoms with Crippen molar-refractivity contribution in [3.8, 4) is 0 Å². The summed E-state index contributed by atoms with van der Waals surface area (Å²) in [6.07, 6.45) is -4.36. The molecule has 0 aromatic heterocycles. The van der Waals surface area contributed by atoms with Crippen LogP contribution in [0.1, 0.15) is 5.56 Å². The maximum Gasteiger partial charge on any atom is 0.417 e. The van der Waals surface area contributed by atoms with Crippen LogP contribution in [0, 0.1) is 3.57 Å². The third kappa shape index (κ3) is 2.26. The van der Waals surface area contributed by atoms with Crippen LogP contribution in [0.25, 0.3) is 0 Å². The Morgan fingerprint density at radius 2 is 1.83 bits per heavy atom. The second kappa shape index (κ2) is 3.41. The minimum Gasteiger partial charge on any atom is -0.759 e. The van der Waals surface area contributed by atoms with E-state index in [0.717, 1.165) is 6.07 Å². The van der Waals surface area contributed by atoms with Crippen molar-refractivity contribution in [3.63, 3.8) is 0 Å². The zero-order valence-electron chi connectivity index (χ0n) is 5.62. The Kier molecular flexibility index (Phi) is 2.88. The van der Waals surface area contributed by atoms with Gasteiger partial charge in [-0.05, 0) is 6.07 Å². The van der Waals surface area contributed by atoms with Crippen LogP contribution in [0.15, 0.2) is 18.2 Å². The van der Waals surface area contributed by atoms with Crippen molar-refractivity contribution in [3.05, 3.63) is 32.4 Å². The van der Waals surface area contributed by atoms with Crippen LogP contribution in [0.4, 0.5) is 13.2 Å². The van der Waals surface area contributed by atoms with E-state index in [1.54, 1.807) is 22.6 Å². The number of benzene rings is 1. The van der Waals surface area contributed by atoms with Crippen molar-refractivity contribution in [2.45, 2.75) is 6.18 Å². The third-order valence-electron chi connectivity index (χ3n) is 1.23. The first-order valence-electron chi connectivity index (χ1n) is 2.93. The van der Waals surface area contributed by atoms with E-state index in [2.05, 4.69) is 0 Å². The van der Waals surface area contributed by atoms with Gasteiger partial charge in [-0.2, -0.15) is 16.7 Å². The topological polar surface area (TPSA) is 0 Å². The molecule has 0 saturated carbocycles. The van der Waals surface area contributed by atoms with Gasteiger partial charge in [0.15, 0.2) is 0 Å². The molecule has 1 rings (SSSR count). The molecule has 12 heavy (non-hydrogen) atoms. The van der Waals surface area contributed by atoms with Crippen molar-refractivity contribution in [2.24, 2.45) is 0 Å². The van der Waals surface area contributed by atoms with E-state index in [0.29, 0.717) is 3.57 Å². The molecular weight excluding hydrogens is 303 g/mol. The zero-order chi connectivity index (χ0) is 9.35. The number of alkyl halides is 3. The van der Waals surface area contributed by atoms with Gasteiger partial charge in [0, 0.05) is 0 Å². The van der Waals surface area contributed by atoms with E-state index >= 15 is 0 Å². The normalized spacial score (nSPS) is 11.8. The Bertz CT molecular complexity index is 295. The fourth-order valence-electron chi connectivity index (χ4n) is 0.715. The summed E-state index contributed by atoms with van der Waals surface area (Å²) in [6, 6.07) is 3.78. The van der Waals surface area contributed by atoms with Crippen molar-refractivity contribution in [1.29, 1.82) is 0 Å². The van der Waals surface area contributed by atoms with Gasteiger partial charge in [-0.3, -0.25) is 0 Å². The fourth-order valence-corrected chi connectivity index (χ4v) is 1.43. The number of halogens is 5. The van der Waals surface area contributed by atoms with E-state index in [9.17, 15) is 13.2 Å². The summed E-state index contributed by atoms with van der Waals surface area (Å²) in [6.45, 7) is 0. The highest BCUT2D eigenvalue weighted by atomic mass is 127. The minimum atomic E-state index is -4.36. The van der Waals surface area contributed by atoms with Crippen LogP contribution in [0.2, 0.25) is 5.02 Å². The maximum atomic E-state index is 12.1. The summed E-state index contributed by atoms with van der Waals surface area (Å²) >= 11 is 7.16. The van der Waals surface area contributed by atoms with Gasteiger partial charge in [-0.15, -0.1) is 0 Å². The molecule has 0 heterocycles. The van der Waals surface area contributed by atoms with Crippen molar-refractivity contribution < 1.29 is 35.8 Å². The second-order valence-electron chi connectivity index (χ2n) is 2.12. The molecule has 0 aliphatic heterocycles. The lowest BCUT2D eigenvalue weighted by Gasteiger charge is -2.12. The van der Waals surface area contributed by atoms with E-state index in [-0.39, 0.29) is 5.02 Å². The Balaban J connectivity index is 3.23. The quantitative estimate of drug-likeness (QED) is 0.596.